The lowest BCUT2D eigenvalue weighted by Gasteiger charge is -2.06. The van der Waals surface area contributed by atoms with Crippen LogP contribution >= 0.6 is 11.6 Å². The first-order valence-electron chi connectivity index (χ1n) is 6.15. The van der Waals surface area contributed by atoms with E-state index in [0.29, 0.717) is 5.69 Å². The maximum atomic E-state index is 13.6. The number of amides is 1. The van der Waals surface area contributed by atoms with Crippen LogP contribution in [0.3, 0.4) is 0 Å². The van der Waals surface area contributed by atoms with E-state index in [2.05, 4.69) is 17.2 Å². The van der Waals surface area contributed by atoms with Crippen LogP contribution in [-0.2, 0) is 0 Å². The molecule has 21 heavy (non-hydrogen) atoms. The molecule has 0 atom stereocenters. The molecule has 0 heterocycles. The molecule has 5 heteroatoms. The molecule has 2 aromatic rings. The molecule has 3 N–H and O–H groups in total. The molecule has 0 radical (unpaired) electrons. The number of hydrogen-bond donors (Lipinski definition) is 2. The highest BCUT2D eigenvalue weighted by Gasteiger charge is 2.12. The monoisotopic (exact) mass is 302 g/mol. The van der Waals surface area contributed by atoms with E-state index in [0.717, 1.165) is 11.6 Å². The van der Waals surface area contributed by atoms with Crippen molar-refractivity contribution >= 4 is 23.2 Å². The van der Waals surface area contributed by atoms with Crippen LogP contribution in [0.5, 0.6) is 0 Å². The van der Waals surface area contributed by atoms with E-state index in [-0.39, 0.29) is 17.1 Å². The van der Waals surface area contributed by atoms with Gasteiger partial charge in [-0.3, -0.25) is 4.79 Å². The van der Waals surface area contributed by atoms with Gasteiger partial charge in [0.15, 0.2) is 0 Å². The minimum absolute atomic E-state index is 0.0635. The van der Waals surface area contributed by atoms with Gasteiger partial charge in [0.2, 0.25) is 0 Å². The summed E-state index contributed by atoms with van der Waals surface area (Å²) < 4.78 is 13.6. The number of anilines is 1. The van der Waals surface area contributed by atoms with Gasteiger partial charge in [-0.25, -0.2) is 4.39 Å². The predicted octanol–water partition coefficient (Wildman–Crippen LogP) is 3.04. The highest BCUT2D eigenvalue weighted by atomic mass is 35.5. The number of nitrogens with two attached hydrogens (primary N) is 1. The van der Waals surface area contributed by atoms with Crippen molar-refractivity contribution in [2.45, 2.75) is 0 Å². The lowest BCUT2D eigenvalue weighted by Crippen LogP contribution is -2.13. The predicted molar refractivity (Wildman–Crippen MR) is 81.7 cm³/mol. The van der Waals surface area contributed by atoms with Gasteiger partial charge in [-0.05, 0) is 42.5 Å². The maximum absolute atomic E-state index is 13.6. The van der Waals surface area contributed by atoms with Gasteiger partial charge in [0, 0.05) is 16.3 Å². The van der Waals surface area contributed by atoms with Gasteiger partial charge >= 0.3 is 0 Å². The summed E-state index contributed by atoms with van der Waals surface area (Å²) in [7, 11) is 0. The molecule has 1 amide bonds. The van der Waals surface area contributed by atoms with E-state index >= 15 is 0 Å². The largest absolute Gasteiger partial charge is 0.322 e. The fourth-order valence-corrected chi connectivity index (χ4v) is 1.82. The van der Waals surface area contributed by atoms with Crippen molar-refractivity contribution < 1.29 is 9.18 Å². The Bertz CT molecular complexity index is 717. The Labute approximate surface area is 126 Å². The molecule has 2 rings (SSSR count). The molecule has 106 valence electrons. The number of carbonyl (C=O) groups is 1. The minimum atomic E-state index is -0.662. The molecule has 0 fully saturated rings. The smallest absolute Gasteiger partial charge is 0.258 e. The van der Waals surface area contributed by atoms with Gasteiger partial charge in [0.25, 0.3) is 5.91 Å². The summed E-state index contributed by atoms with van der Waals surface area (Å²) in [4.78, 5) is 12.0. The summed E-state index contributed by atoms with van der Waals surface area (Å²) in [5, 5.41) is 2.85. The Morgan fingerprint density at radius 1 is 1.24 bits per heavy atom. The standard InChI is InChI=1S/C16H12ClFN2O/c17-12-5-8-14(15(18)10-12)16(21)20-13-6-3-11(4-7-13)2-1-9-19/h3-8,10H,9,19H2,(H,20,21). The van der Waals surface area contributed by atoms with Gasteiger partial charge in [-0.15, -0.1) is 0 Å². The highest BCUT2D eigenvalue weighted by molar-refractivity contribution is 6.30. The fourth-order valence-electron chi connectivity index (χ4n) is 1.66. The van der Waals surface area contributed by atoms with Gasteiger partial charge < -0.3 is 11.1 Å². The molecule has 0 aromatic heterocycles. The maximum Gasteiger partial charge on any atom is 0.258 e. The van der Waals surface area contributed by atoms with E-state index in [1.54, 1.807) is 24.3 Å². The fraction of sp³-hybridized carbons (Fsp3) is 0.0625. The first-order valence-corrected chi connectivity index (χ1v) is 6.53. The van der Waals surface area contributed by atoms with Crippen molar-refractivity contribution in [2.24, 2.45) is 5.73 Å². The Hall–Kier alpha value is -2.35. The van der Waals surface area contributed by atoms with Crippen molar-refractivity contribution in [1.82, 2.24) is 0 Å². The molecular weight excluding hydrogens is 291 g/mol. The molecule has 0 aliphatic heterocycles. The van der Waals surface area contributed by atoms with Crippen LogP contribution < -0.4 is 11.1 Å². The Kier molecular flexibility index (Phi) is 4.94. The van der Waals surface area contributed by atoms with E-state index in [4.69, 9.17) is 17.3 Å². The summed E-state index contributed by atoms with van der Waals surface area (Å²) >= 11 is 5.65. The first kappa shape index (κ1) is 15.0. The van der Waals surface area contributed by atoms with E-state index in [1.165, 1.54) is 12.1 Å². The number of benzene rings is 2. The molecule has 0 aliphatic rings. The van der Waals surface area contributed by atoms with Crippen LogP contribution in [0.1, 0.15) is 15.9 Å². The second kappa shape index (κ2) is 6.89. The van der Waals surface area contributed by atoms with Crippen molar-refractivity contribution in [1.29, 1.82) is 0 Å². The van der Waals surface area contributed by atoms with Crippen LogP contribution in [0.25, 0.3) is 0 Å². The normalized spacial score (nSPS) is 9.67. The molecule has 2 aromatic carbocycles. The Morgan fingerprint density at radius 3 is 2.57 bits per heavy atom. The van der Waals surface area contributed by atoms with Gasteiger partial charge in [-0.1, -0.05) is 23.4 Å². The molecule has 0 aliphatic carbocycles. The second-order valence-electron chi connectivity index (χ2n) is 4.16. The van der Waals surface area contributed by atoms with Gasteiger partial charge in [-0.2, -0.15) is 0 Å². The molecule has 0 spiro atoms. The summed E-state index contributed by atoms with van der Waals surface area (Å²) in [6.45, 7) is 0.286. The Morgan fingerprint density at radius 2 is 1.95 bits per heavy atom. The van der Waals surface area contributed by atoms with Gasteiger partial charge in [0.05, 0.1) is 12.1 Å². The van der Waals surface area contributed by atoms with Crippen LogP contribution in [0, 0.1) is 17.7 Å². The van der Waals surface area contributed by atoms with Crippen LogP contribution in [-0.4, -0.2) is 12.5 Å². The van der Waals surface area contributed by atoms with Crippen LogP contribution in [0.15, 0.2) is 42.5 Å². The lowest BCUT2D eigenvalue weighted by molar-refractivity contribution is 0.102. The topological polar surface area (TPSA) is 55.1 Å². The second-order valence-corrected chi connectivity index (χ2v) is 4.60. The summed E-state index contributed by atoms with van der Waals surface area (Å²) in [5.41, 5.74) is 6.56. The van der Waals surface area contributed by atoms with Crippen LogP contribution in [0.2, 0.25) is 5.02 Å². The van der Waals surface area contributed by atoms with E-state index < -0.39 is 11.7 Å². The van der Waals surface area contributed by atoms with E-state index in [1.807, 2.05) is 0 Å². The van der Waals surface area contributed by atoms with Crippen molar-refractivity contribution in [3.05, 3.63) is 64.4 Å². The van der Waals surface area contributed by atoms with E-state index in [9.17, 15) is 9.18 Å². The van der Waals surface area contributed by atoms with Crippen molar-refractivity contribution in [2.75, 3.05) is 11.9 Å². The third-order valence-electron chi connectivity index (χ3n) is 2.65. The highest BCUT2D eigenvalue weighted by Crippen LogP contribution is 2.16. The molecule has 3 nitrogen and oxygen atoms in total. The third-order valence-corrected chi connectivity index (χ3v) is 2.89. The number of rotatable bonds is 2. The number of carbonyl (C=O) groups excluding carboxylic acids is 1. The summed E-state index contributed by atoms with van der Waals surface area (Å²) in [6.07, 6.45) is 0. The lowest BCUT2D eigenvalue weighted by atomic mass is 10.1. The zero-order valence-corrected chi connectivity index (χ0v) is 11.7. The molecule has 0 bridgehead atoms. The number of nitrogens with one attached hydrogen (secondary N) is 1. The molecular formula is C16H12ClFN2O. The third kappa shape index (κ3) is 4.06. The number of halogens is 2. The first-order chi connectivity index (χ1) is 10.1. The molecule has 0 unspecified atom stereocenters. The average Bonchev–Trinajstić information content (AvgIpc) is 2.46. The zero-order valence-electron chi connectivity index (χ0n) is 11.0. The number of hydrogen-bond acceptors (Lipinski definition) is 2. The quantitative estimate of drug-likeness (QED) is 0.838. The Balaban J connectivity index is 2.12. The molecule has 0 saturated heterocycles. The zero-order chi connectivity index (χ0) is 15.2. The minimum Gasteiger partial charge on any atom is -0.322 e. The average molecular weight is 303 g/mol. The van der Waals surface area contributed by atoms with Crippen molar-refractivity contribution in [3.8, 4) is 11.8 Å². The van der Waals surface area contributed by atoms with Gasteiger partial charge in [0.1, 0.15) is 5.82 Å². The molecule has 0 saturated carbocycles. The summed E-state index contributed by atoms with van der Waals surface area (Å²) in [6, 6.07) is 10.8. The van der Waals surface area contributed by atoms with Crippen LogP contribution in [0.4, 0.5) is 10.1 Å². The SMILES string of the molecule is NCC#Cc1ccc(NC(=O)c2ccc(Cl)cc2F)cc1. The van der Waals surface area contributed by atoms with Crippen molar-refractivity contribution in [3.63, 3.8) is 0 Å². The summed E-state index contributed by atoms with van der Waals surface area (Å²) in [5.74, 6) is 4.40.